The minimum Gasteiger partial charge on any atom is -0.465 e. The topological polar surface area (TPSA) is 94.0 Å². The Morgan fingerprint density at radius 1 is 1.32 bits per heavy atom. The van der Waals surface area contributed by atoms with Gasteiger partial charge in [-0.1, -0.05) is 0 Å². The van der Waals surface area contributed by atoms with Crippen LogP contribution in [-0.2, 0) is 4.79 Å². The van der Waals surface area contributed by atoms with Crippen molar-refractivity contribution in [2.24, 2.45) is 0 Å². The SMILES string of the molecule is [N-]=[N+]=CC(=O)C1C[C@H](c2c(F)ccc(F)c2F)CN1C(=O)O. The summed E-state index contributed by atoms with van der Waals surface area (Å²) in [6.07, 6.45) is -1.19. The molecule has 1 heterocycles. The van der Waals surface area contributed by atoms with Crippen LogP contribution in [0.1, 0.15) is 17.9 Å². The number of likely N-dealkylation sites (tertiary alicyclic amines) is 1. The highest BCUT2D eigenvalue weighted by Gasteiger charge is 2.42. The van der Waals surface area contributed by atoms with Crippen molar-refractivity contribution in [3.05, 3.63) is 40.7 Å². The van der Waals surface area contributed by atoms with Gasteiger partial charge in [-0.15, -0.1) is 0 Å². The third-order valence-electron chi connectivity index (χ3n) is 3.55. The molecule has 1 aliphatic rings. The third kappa shape index (κ3) is 2.71. The summed E-state index contributed by atoms with van der Waals surface area (Å²) in [5.74, 6) is -5.53. The van der Waals surface area contributed by atoms with E-state index in [0.717, 1.165) is 6.07 Å². The molecule has 1 aliphatic heterocycles. The van der Waals surface area contributed by atoms with Crippen LogP contribution in [0.3, 0.4) is 0 Å². The molecule has 1 N–H and O–H groups in total. The summed E-state index contributed by atoms with van der Waals surface area (Å²) in [5.41, 5.74) is 7.75. The summed E-state index contributed by atoms with van der Waals surface area (Å²) >= 11 is 0. The molecule has 1 fully saturated rings. The van der Waals surface area contributed by atoms with Crippen molar-refractivity contribution in [3.63, 3.8) is 0 Å². The summed E-state index contributed by atoms with van der Waals surface area (Å²) in [7, 11) is 0. The molecule has 0 spiro atoms. The first-order valence-corrected chi connectivity index (χ1v) is 6.21. The number of hydrogen-bond donors (Lipinski definition) is 1. The number of carbonyl (C=O) groups is 2. The Morgan fingerprint density at radius 2 is 1.95 bits per heavy atom. The van der Waals surface area contributed by atoms with E-state index in [1.54, 1.807) is 0 Å². The number of carbonyl (C=O) groups excluding carboxylic acids is 1. The van der Waals surface area contributed by atoms with E-state index in [9.17, 15) is 22.8 Å². The Morgan fingerprint density at radius 3 is 2.55 bits per heavy atom. The van der Waals surface area contributed by atoms with Crippen LogP contribution in [0.25, 0.3) is 5.53 Å². The molecule has 1 amide bonds. The van der Waals surface area contributed by atoms with Gasteiger partial charge in [0.25, 0.3) is 5.78 Å². The number of halogens is 3. The van der Waals surface area contributed by atoms with Gasteiger partial charge in [0.2, 0.25) is 0 Å². The molecule has 0 aliphatic carbocycles. The number of amides is 1. The zero-order chi connectivity index (χ0) is 16.4. The van der Waals surface area contributed by atoms with Crippen molar-refractivity contribution >= 4 is 18.1 Å². The first-order valence-electron chi connectivity index (χ1n) is 6.21. The summed E-state index contributed by atoms with van der Waals surface area (Å²) in [6, 6.07) is 0.114. The predicted octanol–water partition coefficient (Wildman–Crippen LogP) is 1.81. The fourth-order valence-corrected chi connectivity index (χ4v) is 2.59. The van der Waals surface area contributed by atoms with E-state index in [1.165, 1.54) is 0 Å². The molecular weight excluding hydrogens is 303 g/mol. The molecule has 22 heavy (non-hydrogen) atoms. The van der Waals surface area contributed by atoms with Gasteiger partial charge in [-0.3, -0.25) is 9.69 Å². The fourth-order valence-electron chi connectivity index (χ4n) is 2.59. The average molecular weight is 313 g/mol. The van der Waals surface area contributed by atoms with E-state index < -0.39 is 46.9 Å². The Bertz CT molecular complexity index is 689. The van der Waals surface area contributed by atoms with E-state index in [-0.39, 0.29) is 13.0 Å². The number of ketones is 1. The molecule has 1 unspecified atom stereocenters. The van der Waals surface area contributed by atoms with E-state index in [1.807, 2.05) is 0 Å². The maximum atomic E-state index is 13.8. The number of carboxylic acid groups (broad SMARTS) is 1. The fraction of sp³-hybridized carbons (Fsp3) is 0.308. The molecule has 0 bridgehead atoms. The van der Waals surface area contributed by atoms with Crippen molar-refractivity contribution in [2.75, 3.05) is 6.54 Å². The zero-order valence-electron chi connectivity index (χ0n) is 11.0. The predicted molar refractivity (Wildman–Crippen MR) is 66.9 cm³/mol. The van der Waals surface area contributed by atoms with Crippen LogP contribution in [0.15, 0.2) is 12.1 Å². The number of nitrogens with zero attached hydrogens (tertiary/aromatic N) is 3. The maximum Gasteiger partial charge on any atom is 0.407 e. The highest BCUT2D eigenvalue weighted by molar-refractivity contribution is 6.28. The molecule has 116 valence electrons. The molecule has 6 nitrogen and oxygen atoms in total. The third-order valence-corrected chi connectivity index (χ3v) is 3.55. The molecule has 1 aromatic rings. The van der Waals surface area contributed by atoms with E-state index in [0.29, 0.717) is 17.2 Å². The van der Waals surface area contributed by atoms with Crippen LogP contribution in [0.4, 0.5) is 18.0 Å². The lowest BCUT2D eigenvalue weighted by Gasteiger charge is -2.17. The lowest BCUT2D eigenvalue weighted by molar-refractivity contribution is -0.119. The second-order valence-electron chi connectivity index (χ2n) is 4.79. The molecule has 9 heteroatoms. The van der Waals surface area contributed by atoms with Crippen molar-refractivity contribution < 1.29 is 32.7 Å². The lowest BCUT2D eigenvalue weighted by atomic mass is 9.94. The van der Waals surface area contributed by atoms with Crippen LogP contribution in [0, 0.1) is 17.5 Å². The van der Waals surface area contributed by atoms with E-state index in [4.69, 9.17) is 10.6 Å². The summed E-state index contributed by atoms with van der Waals surface area (Å²) in [5, 5.41) is 9.06. The van der Waals surface area contributed by atoms with Gasteiger partial charge in [0.1, 0.15) is 11.9 Å². The van der Waals surface area contributed by atoms with Gasteiger partial charge >= 0.3 is 12.3 Å². The Kier molecular flexibility index (Phi) is 4.27. The van der Waals surface area contributed by atoms with Crippen molar-refractivity contribution in [1.82, 2.24) is 4.90 Å². The molecule has 0 radical (unpaired) electrons. The number of hydrogen-bond acceptors (Lipinski definition) is 2. The van der Waals surface area contributed by atoms with Crippen LogP contribution in [-0.4, -0.2) is 45.5 Å². The Balaban J connectivity index is 2.40. The molecule has 2 rings (SSSR count). The van der Waals surface area contributed by atoms with Crippen molar-refractivity contribution in [1.29, 1.82) is 0 Å². The molecule has 1 saturated heterocycles. The van der Waals surface area contributed by atoms with Gasteiger partial charge in [-0.2, -0.15) is 4.79 Å². The van der Waals surface area contributed by atoms with Crippen molar-refractivity contribution in [3.8, 4) is 0 Å². The smallest absolute Gasteiger partial charge is 0.407 e. The number of benzene rings is 1. The maximum absolute atomic E-state index is 13.8. The lowest BCUT2D eigenvalue weighted by Crippen LogP contribution is -2.40. The largest absolute Gasteiger partial charge is 0.465 e. The first kappa shape index (κ1) is 15.7. The van der Waals surface area contributed by atoms with Crippen LogP contribution < -0.4 is 0 Å². The van der Waals surface area contributed by atoms with Gasteiger partial charge in [0, 0.05) is 18.0 Å². The molecule has 0 aromatic heterocycles. The highest BCUT2D eigenvalue weighted by atomic mass is 19.2. The quantitative estimate of drug-likeness (QED) is 0.399. The van der Waals surface area contributed by atoms with Gasteiger partial charge < -0.3 is 10.6 Å². The molecule has 0 saturated carbocycles. The second kappa shape index (κ2) is 5.98. The van der Waals surface area contributed by atoms with Gasteiger partial charge in [-0.05, 0) is 18.6 Å². The molecular formula is C13H10F3N3O3. The minimum atomic E-state index is -1.47. The van der Waals surface area contributed by atoms with E-state index >= 15 is 0 Å². The van der Waals surface area contributed by atoms with E-state index in [2.05, 4.69) is 4.79 Å². The standard InChI is InChI=1S/C13H10F3N3O3/c14-7-1-2-8(15)12(16)11(7)6-3-9(10(20)4-18-17)19(5-6)13(21)22/h1-2,4,6,9H,3,5H2,(H,21,22)/t6-,9?/m0/s1. The molecule has 2 atom stereocenters. The summed E-state index contributed by atoms with van der Waals surface area (Å²) < 4.78 is 40.8. The number of rotatable bonds is 3. The summed E-state index contributed by atoms with van der Waals surface area (Å²) in [4.78, 5) is 26.0. The van der Waals surface area contributed by atoms with Crippen molar-refractivity contribution in [2.45, 2.75) is 18.4 Å². The monoisotopic (exact) mass is 313 g/mol. The average Bonchev–Trinajstić information content (AvgIpc) is 2.89. The highest BCUT2D eigenvalue weighted by Crippen LogP contribution is 2.35. The van der Waals surface area contributed by atoms with Crippen LogP contribution >= 0.6 is 0 Å². The number of Topliss-reactive ketones (excluding diaryl/α,β-unsaturated/α-hetero) is 1. The van der Waals surface area contributed by atoms with Crippen LogP contribution in [0.2, 0.25) is 0 Å². The Hall–Kier alpha value is -2.67. The van der Waals surface area contributed by atoms with Crippen LogP contribution in [0.5, 0.6) is 0 Å². The molecule has 1 aromatic carbocycles. The van der Waals surface area contributed by atoms with Gasteiger partial charge in [0.05, 0.1) is 0 Å². The van der Waals surface area contributed by atoms with Gasteiger partial charge in [0.15, 0.2) is 11.6 Å². The first-order chi connectivity index (χ1) is 10.4. The minimum absolute atomic E-state index is 0.242. The Labute approximate surface area is 122 Å². The van der Waals surface area contributed by atoms with Gasteiger partial charge in [-0.25, -0.2) is 18.0 Å². The zero-order valence-corrected chi connectivity index (χ0v) is 11.0. The normalized spacial score (nSPS) is 20.6. The summed E-state index contributed by atoms with van der Waals surface area (Å²) in [6.45, 7) is -0.373. The second-order valence-corrected chi connectivity index (χ2v) is 4.79.